The van der Waals surface area contributed by atoms with Gasteiger partial charge in [-0.05, 0) is 47.1 Å². The Hall–Kier alpha value is -0.500. The smallest absolute Gasteiger partial charge is 0.251 e. The molecule has 0 aromatic heterocycles. The molecule has 80 valence electrons. The highest BCUT2D eigenvalue weighted by atomic mass is 35.5. The zero-order valence-electron chi connectivity index (χ0n) is 9.73. The summed E-state index contributed by atoms with van der Waals surface area (Å²) in [7, 11) is 0. The van der Waals surface area contributed by atoms with Crippen LogP contribution in [0.15, 0.2) is 11.1 Å². The summed E-state index contributed by atoms with van der Waals surface area (Å²) in [5.74, 6) is 0.0486. The highest BCUT2D eigenvalue weighted by molar-refractivity contribution is 6.28. The van der Waals surface area contributed by atoms with Crippen LogP contribution in [0.25, 0.3) is 0 Å². The van der Waals surface area contributed by atoms with Gasteiger partial charge >= 0.3 is 0 Å². The van der Waals surface area contributed by atoms with Gasteiger partial charge in [0.15, 0.2) is 0 Å². The zero-order chi connectivity index (χ0) is 11.3. The zero-order valence-corrected chi connectivity index (χ0v) is 10.5. The Morgan fingerprint density at radius 3 is 1.86 bits per heavy atom. The molecule has 3 heteroatoms. The summed E-state index contributed by atoms with van der Waals surface area (Å²) in [6.45, 7) is 11.6. The first-order chi connectivity index (χ1) is 6.10. The lowest BCUT2D eigenvalue weighted by Gasteiger charge is -2.41. The third-order valence-corrected chi connectivity index (χ3v) is 3.31. The molecule has 1 unspecified atom stereocenters. The molecule has 0 bridgehead atoms. The van der Waals surface area contributed by atoms with E-state index in [0.717, 1.165) is 11.1 Å². The standard InChI is InChI=1S/C11H18ClNO/c1-7-8(2)11(6,12)13(9(7)14)10(3,4)5/h1-6H3. The monoisotopic (exact) mass is 215 g/mol. The van der Waals surface area contributed by atoms with E-state index in [1.165, 1.54) is 0 Å². The van der Waals surface area contributed by atoms with E-state index >= 15 is 0 Å². The maximum atomic E-state index is 12.0. The normalized spacial score (nSPS) is 29.1. The van der Waals surface area contributed by atoms with Crippen molar-refractivity contribution in [1.29, 1.82) is 0 Å². The lowest BCUT2D eigenvalue weighted by Crippen LogP contribution is -2.52. The van der Waals surface area contributed by atoms with Gasteiger partial charge in [0.25, 0.3) is 5.91 Å². The Morgan fingerprint density at radius 2 is 1.71 bits per heavy atom. The summed E-state index contributed by atoms with van der Waals surface area (Å²) in [6, 6.07) is 0. The molecule has 1 heterocycles. The average molecular weight is 216 g/mol. The van der Waals surface area contributed by atoms with Crippen LogP contribution in [0, 0.1) is 0 Å². The Bertz CT molecular complexity index is 310. The van der Waals surface area contributed by atoms with Crippen molar-refractivity contribution in [3.8, 4) is 0 Å². The molecule has 0 spiro atoms. The molecule has 0 fully saturated rings. The Labute approximate surface area is 90.9 Å². The molecule has 2 nitrogen and oxygen atoms in total. The van der Waals surface area contributed by atoms with Crippen LogP contribution in [0.3, 0.4) is 0 Å². The summed E-state index contributed by atoms with van der Waals surface area (Å²) in [4.78, 5) is 13.0. The number of nitrogens with zero attached hydrogens (tertiary/aromatic N) is 1. The van der Waals surface area contributed by atoms with E-state index < -0.39 is 5.00 Å². The molecule has 0 aliphatic carbocycles. The first-order valence-corrected chi connectivity index (χ1v) is 5.19. The van der Waals surface area contributed by atoms with Gasteiger partial charge in [-0.25, -0.2) is 0 Å². The topological polar surface area (TPSA) is 20.3 Å². The third kappa shape index (κ3) is 1.46. The van der Waals surface area contributed by atoms with Crippen molar-refractivity contribution in [3.63, 3.8) is 0 Å². The fourth-order valence-corrected chi connectivity index (χ4v) is 2.44. The Kier molecular flexibility index (Phi) is 2.47. The first-order valence-electron chi connectivity index (χ1n) is 4.81. The van der Waals surface area contributed by atoms with Crippen molar-refractivity contribution in [2.75, 3.05) is 0 Å². The molecule has 1 aliphatic rings. The molecule has 0 aromatic rings. The molecular weight excluding hydrogens is 198 g/mol. The highest BCUT2D eigenvalue weighted by Gasteiger charge is 2.48. The number of amides is 1. The van der Waals surface area contributed by atoms with Crippen LogP contribution in [-0.2, 0) is 4.79 Å². The van der Waals surface area contributed by atoms with Gasteiger partial charge in [-0.15, -0.1) is 0 Å². The summed E-state index contributed by atoms with van der Waals surface area (Å²) in [5, 5.41) is 0. The molecule has 0 saturated heterocycles. The minimum absolute atomic E-state index is 0.0486. The molecule has 1 amide bonds. The van der Waals surface area contributed by atoms with Gasteiger partial charge < -0.3 is 4.90 Å². The SMILES string of the molecule is CC1=C(C)C(C)(Cl)N(C(C)(C)C)C1=O. The van der Waals surface area contributed by atoms with E-state index in [2.05, 4.69) is 0 Å². The number of hydrogen-bond acceptors (Lipinski definition) is 1. The van der Waals surface area contributed by atoms with Crippen molar-refractivity contribution >= 4 is 17.5 Å². The number of alkyl halides is 1. The molecule has 0 aromatic carbocycles. The summed E-state index contributed by atoms with van der Waals surface area (Å²) in [5.41, 5.74) is 1.49. The van der Waals surface area contributed by atoms with Gasteiger partial charge in [-0.2, -0.15) is 0 Å². The minimum atomic E-state index is -0.667. The maximum absolute atomic E-state index is 12.0. The maximum Gasteiger partial charge on any atom is 0.251 e. The molecule has 1 rings (SSSR count). The van der Waals surface area contributed by atoms with Gasteiger partial charge in [-0.1, -0.05) is 11.6 Å². The second kappa shape index (κ2) is 2.99. The second-order valence-corrected chi connectivity index (χ2v) is 5.75. The van der Waals surface area contributed by atoms with E-state index in [1.54, 1.807) is 4.90 Å². The van der Waals surface area contributed by atoms with Crippen LogP contribution >= 0.6 is 11.6 Å². The molecule has 0 N–H and O–H groups in total. The largest absolute Gasteiger partial charge is 0.311 e. The second-order valence-electron chi connectivity index (χ2n) is 5.01. The van der Waals surface area contributed by atoms with Crippen LogP contribution in [-0.4, -0.2) is 21.3 Å². The molecular formula is C11H18ClNO. The number of hydrogen-bond donors (Lipinski definition) is 0. The van der Waals surface area contributed by atoms with Crippen molar-refractivity contribution < 1.29 is 4.79 Å². The van der Waals surface area contributed by atoms with Crippen molar-refractivity contribution in [2.45, 2.75) is 52.1 Å². The van der Waals surface area contributed by atoms with Gasteiger partial charge in [-0.3, -0.25) is 4.79 Å². The van der Waals surface area contributed by atoms with Crippen LogP contribution in [0.5, 0.6) is 0 Å². The van der Waals surface area contributed by atoms with Crippen LogP contribution in [0.1, 0.15) is 41.5 Å². The van der Waals surface area contributed by atoms with Crippen molar-refractivity contribution in [3.05, 3.63) is 11.1 Å². The van der Waals surface area contributed by atoms with Crippen molar-refractivity contribution in [2.24, 2.45) is 0 Å². The van der Waals surface area contributed by atoms with E-state index in [4.69, 9.17) is 11.6 Å². The van der Waals surface area contributed by atoms with E-state index in [0.29, 0.717) is 0 Å². The van der Waals surface area contributed by atoms with Crippen LogP contribution < -0.4 is 0 Å². The number of halogens is 1. The van der Waals surface area contributed by atoms with E-state index in [1.807, 2.05) is 41.5 Å². The van der Waals surface area contributed by atoms with Gasteiger partial charge in [0.2, 0.25) is 0 Å². The Morgan fingerprint density at radius 1 is 1.29 bits per heavy atom. The molecule has 1 atom stereocenters. The Balaban J connectivity index is 3.23. The molecule has 0 radical (unpaired) electrons. The lowest BCUT2D eigenvalue weighted by molar-refractivity contribution is -0.132. The summed E-state index contributed by atoms with van der Waals surface area (Å²) < 4.78 is 0. The average Bonchev–Trinajstić information content (AvgIpc) is 2.10. The quantitative estimate of drug-likeness (QED) is 0.450. The first kappa shape index (κ1) is 11.6. The van der Waals surface area contributed by atoms with Crippen molar-refractivity contribution in [1.82, 2.24) is 4.90 Å². The fraction of sp³-hybridized carbons (Fsp3) is 0.727. The fourth-order valence-electron chi connectivity index (χ4n) is 1.96. The van der Waals surface area contributed by atoms with E-state index in [-0.39, 0.29) is 11.4 Å². The predicted molar refractivity (Wildman–Crippen MR) is 59.2 cm³/mol. The predicted octanol–water partition coefficient (Wildman–Crippen LogP) is 2.92. The van der Waals surface area contributed by atoms with Crippen LogP contribution in [0.2, 0.25) is 0 Å². The van der Waals surface area contributed by atoms with Gasteiger partial charge in [0.1, 0.15) is 5.00 Å². The number of carbonyl (C=O) groups is 1. The summed E-state index contributed by atoms with van der Waals surface area (Å²) >= 11 is 6.41. The number of rotatable bonds is 0. The van der Waals surface area contributed by atoms with E-state index in [9.17, 15) is 4.79 Å². The molecule has 0 saturated carbocycles. The third-order valence-electron chi connectivity index (χ3n) is 2.86. The summed E-state index contributed by atoms with van der Waals surface area (Å²) in [6.07, 6.45) is 0. The number of carbonyl (C=O) groups excluding carboxylic acids is 1. The molecule has 14 heavy (non-hydrogen) atoms. The van der Waals surface area contributed by atoms with Gasteiger partial charge in [0.05, 0.1) is 0 Å². The minimum Gasteiger partial charge on any atom is -0.311 e. The molecule has 1 aliphatic heterocycles. The highest BCUT2D eigenvalue weighted by Crippen LogP contribution is 2.42. The van der Waals surface area contributed by atoms with Crippen LogP contribution in [0.4, 0.5) is 0 Å². The van der Waals surface area contributed by atoms with Gasteiger partial charge in [0, 0.05) is 11.1 Å². The lowest BCUT2D eigenvalue weighted by atomic mass is 10.0.